The van der Waals surface area contributed by atoms with Gasteiger partial charge in [-0.1, -0.05) is 48.0 Å². The highest BCUT2D eigenvalue weighted by atomic mass is 35.5. The number of ketones is 1. The number of hydrogen-bond acceptors (Lipinski definition) is 2. The Morgan fingerprint density at radius 3 is 2.57 bits per heavy atom. The van der Waals surface area contributed by atoms with Crippen LogP contribution in [0.2, 0.25) is 5.02 Å². The van der Waals surface area contributed by atoms with Gasteiger partial charge in [-0.25, -0.2) is 0 Å². The van der Waals surface area contributed by atoms with Gasteiger partial charge in [0.05, 0.1) is 0 Å². The molecule has 2 nitrogen and oxygen atoms in total. The number of anilines is 1. The zero-order valence-corrected chi connectivity index (χ0v) is 12.3. The number of halogens is 1. The first-order valence-corrected chi connectivity index (χ1v) is 7.03. The molecule has 0 aliphatic heterocycles. The molecule has 3 heteroatoms. The fourth-order valence-electron chi connectivity index (χ4n) is 2.57. The third kappa shape index (κ3) is 2.50. The van der Waals surface area contributed by atoms with Crippen molar-refractivity contribution in [2.45, 2.75) is 6.92 Å². The van der Waals surface area contributed by atoms with Crippen molar-refractivity contribution in [2.75, 3.05) is 5.73 Å². The second kappa shape index (κ2) is 5.23. The third-order valence-corrected chi connectivity index (χ3v) is 3.76. The lowest BCUT2D eigenvalue weighted by atomic mass is 9.93. The zero-order chi connectivity index (χ0) is 15.0. The Kier molecular flexibility index (Phi) is 3.40. The van der Waals surface area contributed by atoms with E-state index >= 15 is 0 Å². The third-order valence-electron chi connectivity index (χ3n) is 3.55. The van der Waals surface area contributed by atoms with Crippen LogP contribution in [-0.2, 0) is 0 Å². The van der Waals surface area contributed by atoms with Gasteiger partial charge in [-0.15, -0.1) is 0 Å². The Hall–Kier alpha value is -2.32. The molecule has 0 saturated carbocycles. The van der Waals surface area contributed by atoms with E-state index in [-0.39, 0.29) is 5.78 Å². The summed E-state index contributed by atoms with van der Waals surface area (Å²) in [6.07, 6.45) is 0. The number of fused-ring (bicyclic) bond motifs is 1. The van der Waals surface area contributed by atoms with Crippen molar-refractivity contribution in [3.63, 3.8) is 0 Å². The molecule has 0 fully saturated rings. The lowest BCUT2D eigenvalue weighted by Gasteiger charge is -2.10. The standard InChI is InChI=1S/C18H14ClNO/c1-11-6-7-12-4-2-3-5-16(12)17(11)18(21)13-8-14(19)10-15(20)9-13/h2-10H,20H2,1H3. The molecule has 3 aromatic rings. The molecule has 0 atom stereocenters. The first-order valence-electron chi connectivity index (χ1n) is 6.65. The van der Waals surface area contributed by atoms with Gasteiger partial charge in [0.25, 0.3) is 0 Å². The summed E-state index contributed by atoms with van der Waals surface area (Å²) in [6, 6.07) is 16.8. The summed E-state index contributed by atoms with van der Waals surface area (Å²) in [5.74, 6) is -0.0569. The first kappa shape index (κ1) is 13.7. The predicted octanol–water partition coefficient (Wildman–Crippen LogP) is 4.61. The summed E-state index contributed by atoms with van der Waals surface area (Å²) in [6.45, 7) is 1.94. The highest BCUT2D eigenvalue weighted by Crippen LogP contribution is 2.26. The minimum Gasteiger partial charge on any atom is -0.399 e. The topological polar surface area (TPSA) is 43.1 Å². The molecule has 2 N–H and O–H groups in total. The van der Waals surface area contributed by atoms with Crippen LogP contribution in [-0.4, -0.2) is 5.78 Å². The van der Waals surface area contributed by atoms with E-state index in [0.717, 1.165) is 16.3 Å². The maximum absolute atomic E-state index is 12.9. The fraction of sp³-hybridized carbons (Fsp3) is 0.0556. The Morgan fingerprint density at radius 2 is 1.81 bits per heavy atom. The quantitative estimate of drug-likeness (QED) is 0.554. The highest BCUT2D eigenvalue weighted by molar-refractivity contribution is 6.31. The van der Waals surface area contributed by atoms with Crippen molar-refractivity contribution in [1.82, 2.24) is 0 Å². The van der Waals surface area contributed by atoms with Crippen LogP contribution in [0, 0.1) is 6.92 Å². The molecule has 0 aromatic heterocycles. The number of nitrogen functional groups attached to an aromatic ring is 1. The number of carbonyl (C=O) groups excluding carboxylic acids is 1. The van der Waals surface area contributed by atoms with E-state index in [2.05, 4.69) is 0 Å². The van der Waals surface area contributed by atoms with E-state index < -0.39 is 0 Å². The summed E-state index contributed by atoms with van der Waals surface area (Å²) in [5.41, 5.74) is 8.44. The average Bonchev–Trinajstić information content (AvgIpc) is 2.45. The number of carbonyl (C=O) groups is 1. The minimum absolute atomic E-state index is 0.0569. The highest BCUT2D eigenvalue weighted by Gasteiger charge is 2.16. The SMILES string of the molecule is Cc1ccc2ccccc2c1C(=O)c1cc(N)cc(Cl)c1. The van der Waals surface area contributed by atoms with Crippen LogP contribution >= 0.6 is 11.6 Å². The van der Waals surface area contributed by atoms with Crippen LogP contribution in [0.4, 0.5) is 5.69 Å². The average molecular weight is 296 g/mol. The van der Waals surface area contributed by atoms with Gasteiger partial charge in [-0.3, -0.25) is 4.79 Å². The normalized spacial score (nSPS) is 10.8. The minimum atomic E-state index is -0.0569. The summed E-state index contributed by atoms with van der Waals surface area (Å²) < 4.78 is 0. The van der Waals surface area contributed by atoms with Crippen LogP contribution in [0.25, 0.3) is 10.8 Å². The van der Waals surface area contributed by atoms with Crippen molar-refractivity contribution in [1.29, 1.82) is 0 Å². The summed E-state index contributed by atoms with van der Waals surface area (Å²) in [4.78, 5) is 12.9. The van der Waals surface area contributed by atoms with Crippen molar-refractivity contribution in [3.8, 4) is 0 Å². The smallest absolute Gasteiger partial charge is 0.194 e. The number of benzene rings is 3. The first-order chi connectivity index (χ1) is 10.1. The Morgan fingerprint density at radius 1 is 1.05 bits per heavy atom. The summed E-state index contributed by atoms with van der Waals surface area (Å²) in [5, 5.41) is 2.46. The number of aryl methyl sites for hydroxylation is 1. The second-order valence-electron chi connectivity index (χ2n) is 5.08. The van der Waals surface area contributed by atoms with Gasteiger partial charge in [0, 0.05) is 21.8 Å². The Bertz CT molecular complexity index is 835. The van der Waals surface area contributed by atoms with Crippen LogP contribution in [0.15, 0.2) is 54.6 Å². The largest absolute Gasteiger partial charge is 0.399 e. The van der Waals surface area contributed by atoms with Crippen molar-refractivity contribution < 1.29 is 4.79 Å². The van der Waals surface area contributed by atoms with Crippen molar-refractivity contribution >= 4 is 33.8 Å². The number of nitrogens with two attached hydrogens (primary N) is 1. The molecule has 104 valence electrons. The summed E-state index contributed by atoms with van der Waals surface area (Å²) in [7, 11) is 0. The van der Waals surface area contributed by atoms with Gasteiger partial charge in [-0.2, -0.15) is 0 Å². The van der Waals surface area contributed by atoms with Crippen molar-refractivity contribution in [2.24, 2.45) is 0 Å². The van der Waals surface area contributed by atoms with E-state index in [1.54, 1.807) is 18.2 Å². The molecule has 3 rings (SSSR count). The molecule has 0 radical (unpaired) electrons. The zero-order valence-electron chi connectivity index (χ0n) is 11.6. The van der Waals surface area contributed by atoms with Crippen LogP contribution in [0.1, 0.15) is 21.5 Å². The molecule has 0 spiro atoms. The molecule has 0 aliphatic carbocycles. The Balaban J connectivity index is 2.24. The molecule has 3 aromatic carbocycles. The van der Waals surface area contributed by atoms with Gasteiger partial charge in [0.2, 0.25) is 0 Å². The van der Waals surface area contributed by atoms with Gasteiger partial charge < -0.3 is 5.73 Å². The van der Waals surface area contributed by atoms with Crippen LogP contribution in [0.5, 0.6) is 0 Å². The van der Waals surface area contributed by atoms with Gasteiger partial charge in [-0.05, 0) is 41.5 Å². The lowest BCUT2D eigenvalue weighted by molar-refractivity contribution is 0.104. The number of hydrogen-bond donors (Lipinski definition) is 1. The van der Waals surface area contributed by atoms with Crippen LogP contribution < -0.4 is 5.73 Å². The fourth-order valence-corrected chi connectivity index (χ4v) is 2.81. The molecular weight excluding hydrogens is 282 g/mol. The van der Waals surface area contributed by atoms with Gasteiger partial charge in [0.15, 0.2) is 5.78 Å². The molecular formula is C18H14ClNO. The maximum Gasteiger partial charge on any atom is 0.194 e. The molecule has 0 saturated heterocycles. The lowest BCUT2D eigenvalue weighted by Crippen LogP contribution is -2.05. The molecule has 21 heavy (non-hydrogen) atoms. The van der Waals surface area contributed by atoms with E-state index in [0.29, 0.717) is 21.8 Å². The van der Waals surface area contributed by atoms with E-state index in [1.165, 1.54) is 0 Å². The molecule has 0 heterocycles. The van der Waals surface area contributed by atoms with E-state index in [4.69, 9.17) is 17.3 Å². The van der Waals surface area contributed by atoms with E-state index in [9.17, 15) is 4.79 Å². The Labute approximate surface area is 128 Å². The van der Waals surface area contributed by atoms with Crippen LogP contribution in [0.3, 0.4) is 0 Å². The monoisotopic (exact) mass is 295 g/mol. The predicted molar refractivity (Wildman–Crippen MR) is 88.0 cm³/mol. The van der Waals surface area contributed by atoms with Gasteiger partial charge >= 0.3 is 0 Å². The molecule has 0 aliphatic rings. The van der Waals surface area contributed by atoms with Crippen molar-refractivity contribution in [3.05, 3.63) is 76.3 Å². The summed E-state index contributed by atoms with van der Waals surface area (Å²) >= 11 is 6.01. The maximum atomic E-state index is 12.9. The molecule has 0 unspecified atom stereocenters. The number of rotatable bonds is 2. The molecule has 0 amide bonds. The van der Waals surface area contributed by atoms with Gasteiger partial charge in [0.1, 0.15) is 0 Å². The molecule has 0 bridgehead atoms. The van der Waals surface area contributed by atoms with E-state index in [1.807, 2.05) is 43.3 Å². The second-order valence-corrected chi connectivity index (χ2v) is 5.52.